The number of benzene rings is 1. The quantitative estimate of drug-likeness (QED) is 0.670. The van der Waals surface area contributed by atoms with Crippen molar-refractivity contribution in [3.63, 3.8) is 0 Å². The largest absolute Gasteiger partial charge is 0.478 e. The summed E-state index contributed by atoms with van der Waals surface area (Å²) in [6.45, 7) is 0. The zero-order valence-electron chi connectivity index (χ0n) is 10.2. The lowest BCUT2D eigenvalue weighted by molar-refractivity contribution is 0.0699. The Labute approximate surface area is 113 Å². The lowest BCUT2D eigenvalue weighted by atomic mass is 10.2. The number of hydrogen-bond donors (Lipinski definition) is 3. The molecule has 100 valence electrons. The molecule has 7 heteroatoms. The number of nitrogen functional groups attached to an aromatic ring is 1. The molecule has 3 aromatic rings. The fourth-order valence-corrected chi connectivity index (χ4v) is 1.88. The van der Waals surface area contributed by atoms with E-state index in [2.05, 4.69) is 15.0 Å². The Morgan fingerprint density at radius 2 is 2.15 bits per heavy atom. The van der Waals surface area contributed by atoms with Crippen molar-refractivity contribution >= 4 is 22.7 Å². The molecule has 4 N–H and O–H groups in total. The molecule has 0 aliphatic heterocycles. The molecule has 0 atom stereocenters. The summed E-state index contributed by atoms with van der Waals surface area (Å²) in [5.41, 5.74) is 6.43. The number of ether oxygens (including phenoxy) is 1. The summed E-state index contributed by atoms with van der Waals surface area (Å²) in [6, 6.07) is 6.54. The molecule has 0 unspecified atom stereocenters. The molecule has 0 spiro atoms. The molecule has 0 bridgehead atoms. The van der Waals surface area contributed by atoms with E-state index in [4.69, 9.17) is 15.6 Å². The van der Waals surface area contributed by atoms with Crippen molar-refractivity contribution in [1.29, 1.82) is 0 Å². The number of nitrogens with two attached hydrogens (primary N) is 1. The van der Waals surface area contributed by atoms with Crippen molar-refractivity contribution in [2.45, 2.75) is 0 Å². The molecule has 0 aliphatic rings. The second-order valence-corrected chi connectivity index (χ2v) is 4.10. The first-order valence-electron chi connectivity index (χ1n) is 5.73. The maximum absolute atomic E-state index is 11.0. The van der Waals surface area contributed by atoms with Crippen molar-refractivity contribution in [3.8, 4) is 11.6 Å². The summed E-state index contributed by atoms with van der Waals surface area (Å²) in [6.07, 6.45) is 2.75. The van der Waals surface area contributed by atoms with Crippen LogP contribution in [0.4, 0.5) is 5.82 Å². The van der Waals surface area contributed by atoms with E-state index >= 15 is 0 Å². The normalized spacial score (nSPS) is 10.6. The van der Waals surface area contributed by atoms with E-state index in [1.165, 1.54) is 18.6 Å². The third kappa shape index (κ3) is 2.12. The number of aromatic carboxylic acids is 1. The zero-order valence-corrected chi connectivity index (χ0v) is 10.2. The second-order valence-electron chi connectivity index (χ2n) is 4.10. The molecule has 7 nitrogen and oxygen atoms in total. The highest BCUT2D eigenvalue weighted by Crippen LogP contribution is 2.26. The van der Waals surface area contributed by atoms with E-state index < -0.39 is 5.97 Å². The Balaban J connectivity index is 1.95. The molecule has 0 fully saturated rings. The maximum atomic E-state index is 11.0. The highest BCUT2D eigenvalue weighted by molar-refractivity contribution is 6.03. The maximum Gasteiger partial charge on any atom is 0.337 e. The van der Waals surface area contributed by atoms with Gasteiger partial charge in [-0.05, 0) is 12.1 Å². The summed E-state index contributed by atoms with van der Waals surface area (Å²) in [5, 5.41) is 9.64. The first-order chi connectivity index (χ1) is 9.63. The molecule has 0 aliphatic carbocycles. The van der Waals surface area contributed by atoms with Gasteiger partial charge < -0.3 is 20.6 Å². The average molecular weight is 270 g/mol. The first kappa shape index (κ1) is 12.0. The first-order valence-corrected chi connectivity index (χ1v) is 5.73. The third-order valence-electron chi connectivity index (χ3n) is 2.77. The van der Waals surface area contributed by atoms with Gasteiger partial charge in [-0.3, -0.25) is 0 Å². The van der Waals surface area contributed by atoms with Gasteiger partial charge in [0.05, 0.1) is 5.56 Å². The number of aromatic nitrogens is 3. The zero-order chi connectivity index (χ0) is 14.1. The SMILES string of the molecule is Nc1cc(Oc2ccc3c(C(=O)O)c[nH]c3c2)ncn1. The highest BCUT2D eigenvalue weighted by Gasteiger charge is 2.11. The summed E-state index contributed by atoms with van der Waals surface area (Å²) >= 11 is 0. The van der Waals surface area contributed by atoms with Crippen LogP contribution in [0.1, 0.15) is 10.4 Å². The molecular weight excluding hydrogens is 260 g/mol. The van der Waals surface area contributed by atoms with Crippen LogP contribution in [-0.4, -0.2) is 26.0 Å². The number of H-pyrrole nitrogens is 1. The standard InChI is InChI=1S/C13H10N4O3/c14-11-4-12(17-6-16-11)20-7-1-2-8-9(13(18)19)5-15-10(8)3-7/h1-6,15H,(H,18,19)(H2,14,16,17). The molecule has 2 heterocycles. The summed E-state index contributed by atoms with van der Waals surface area (Å²) < 4.78 is 5.54. The number of carbonyl (C=O) groups is 1. The second kappa shape index (κ2) is 4.54. The number of anilines is 1. The predicted octanol–water partition coefficient (Wildman–Crippen LogP) is 2.03. The number of nitrogens with one attached hydrogen (secondary N) is 1. The minimum Gasteiger partial charge on any atom is -0.478 e. The predicted molar refractivity (Wildman–Crippen MR) is 71.8 cm³/mol. The van der Waals surface area contributed by atoms with Crippen LogP contribution in [0.5, 0.6) is 11.6 Å². The Morgan fingerprint density at radius 1 is 1.30 bits per heavy atom. The van der Waals surface area contributed by atoms with Gasteiger partial charge in [0.15, 0.2) is 0 Å². The Kier molecular flexibility index (Phi) is 2.72. The molecule has 0 radical (unpaired) electrons. The van der Waals surface area contributed by atoms with Crippen LogP contribution in [0.2, 0.25) is 0 Å². The van der Waals surface area contributed by atoms with Gasteiger partial charge in [0, 0.05) is 29.2 Å². The van der Waals surface area contributed by atoms with Crippen molar-refractivity contribution in [1.82, 2.24) is 15.0 Å². The minimum atomic E-state index is -0.978. The van der Waals surface area contributed by atoms with E-state index in [-0.39, 0.29) is 5.56 Å². The van der Waals surface area contributed by atoms with Gasteiger partial charge in [0.25, 0.3) is 0 Å². The molecule has 0 saturated carbocycles. The fourth-order valence-electron chi connectivity index (χ4n) is 1.88. The van der Waals surface area contributed by atoms with E-state index in [0.29, 0.717) is 28.4 Å². The van der Waals surface area contributed by atoms with Gasteiger partial charge in [-0.25, -0.2) is 14.8 Å². The summed E-state index contributed by atoms with van der Waals surface area (Å²) in [4.78, 5) is 21.6. The lowest BCUT2D eigenvalue weighted by Crippen LogP contribution is -1.94. The molecule has 0 saturated heterocycles. The van der Waals surface area contributed by atoms with Crippen molar-refractivity contribution in [2.75, 3.05) is 5.73 Å². The van der Waals surface area contributed by atoms with Crippen LogP contribution in [0.25, 0.3) is 10.9 Å². The van der Waals surface area contributed by atoms with Crippen LogP contribution in [-0.2, 0) is 0 Å². The van der Waals surface area contributed by atoms with E-state index in [1.807, 2.05) is 0 Å². The minimum absolute atomic E-state index is 0.220. The fraction of sp³-hybridized carbons (Fsp3) is 0. The Bertz CT molecular complexity index is 797. The van der Waals surface area contributed by atoms with Crippen molar-refractivity contribution in [3.05, 3.63) is 42.4 Å². The molecule has 0 amide bonds. The third-order valence-corrected chi connectivity index (χ3v) is 2.77. The Hall–Kier alpha value is -3.09. The molecule has 1 aromatic carbocycles. The highest BCUT2D eigenvalue weighted by atomic mass is 16.5. The van der Waals surface area contributed by atoms with Gasteiger partial charge >= 0.3 is 5.97 Å². The number of nitrogens with zero attached hydrogens (tertiary/aromatic N) is 2. The number of carboxylic acid groups (broad SMARTS) is 1. The van der Waals surface area contributed by atoms with Gasteiger partial charge in [-0.15, -0.1) is 0 Å². The molecule has 2 aromatic heterocycles. The van der Waals surface area contributed by atoms with Gasteiger partial charge in [0.2, 0.25) is 5.88 Å². The number of fused-ring (bicyclic) bond motifs is 1. The van der Waals surface area contributed by atoms with Crippen LogP contribution in [0.3, 0.4) is 0 Å². The number of rotatable bonds is 3. The van der Waals surface area contributed by atoms with Crippen LogP contribution in [0, 0.1) is 0 Å². The van der Waals surface area contributed by atoms with Crippen LogP contribution >= 0.6 is 0 Å². The van der Waals surface area contributed by atoms with Gasteiger partial charge in [0.1, 0.15) is 17.9 Å². The molecule has 20 heavy (non-hydrogen) atoms. The number of carboxylic acids is 1. The lowest BCUT2D eigenvalue weighted by Gasteiger charge is -2.04. The average Bonchev–Trinajstić information content (AvgIpc) is 2.82. The van der Waals surface area contributed by atoms with E-state index in [1.54, 1.807) is 18.2 Å². The number of aromatic amines is 1. The molecular formula is C13H10N4O3. The Morgan fingerprint density at radius 3 is 2.90 bits per heavy atom. The van der Waals surface area contributed by atoms with E-state index in [9.17, 15) is 4.79 Å². The molecule has 3 rings (SSSR count). The summed E-state index contributed by atoms with van der Waals surface area (Å²) in [7, 11) is 0. The van der Waals surface area contributed by atoms with Crippen molar-refractivity contribution in [2.24, 2.45) is 0 Å². The topological polar surface area (TPSA) is 114 Å². The van der Waals surface area contributed by atoms with Crippen molar-refractivity contribution < 1.29 is 14.6 Å². The van der Waals surface area contributed by atoms with Gasteiger partial charge in [-0.1, -0.05) is 0 Å². The summed E-state index contributed by atoms with van der Waals surface area (Å²) in [5.74, 6) is 0.175. The smallest absolute Gasteiger partial charge is 0.337 e. The van der Waals surface area contributed by atoms with Crippen LogP contribution < -0.4 is 10.5 Å². The van der Waals surface area contributed by atoms with Gasteiger partial charge in [-0.2, -0.15) is 0 Å². The monoisotopic (exact) mass is 270 g/mol. The van der Waals surface area contributed by atoms with Crippen LogP contribution in [0.15, 0.2) is 36.8 Å². The van der Waals surface area contributed by atoms with E-state index in [0.717, 1.165) is 0 Å². The number of hydrogen-bond acceptors (Lipinski definition) is 5.